The zero-order valence-corrected chi connectivity index (χ0v) is 24.0. The number of nitrogens with zero attached hydrogens (tertiary/aromatic N) is 7. The van der Waals surface area contributed by atoms with Crippen LogP contribution in [-0.2, 0) is 0 Å². The van der Waals surface area contributed by atoms with Crippen LogP contribution in [0.15, 0.2) is 83.0 Å². The Hall–Kier alpha value is -4.44. The van der Waals surface area contributed by atoms with Crippen molar-refractivity contribution in [3.8, 4) is 34.0 Å². The predicted molar refractivity (Wildman–Crippen MR) is 162 cm³/mol. The van der Waals surface area contributed by atoms with Crippen molar-refractivity contribution in [1.82, 2.24) is 24.4 Å². The van der Waals surface area contributed by atoms with Crippen molar-refractivity contribution in [1.29, 1.82) is 0 Å². The number of rotatable bonds is 5. The molecule has 0 saturated carbocycles. The van der Waals surface area contributed by atoms with Crippen LogP contribution in [0.1, 0.15) is 11.3 Å². The van der Waals surface area contributed by atoms with E-state index >= 15 is 0 Å². The highest BCUT2D eigenvalue weighted by Crippen LogP contribution is 2.40. The Morgan fingerprint density at radius 2 is 1.61 bits per heavy atom. The molecule has 0 unspecified atom stereocenters. The Morgan fingerprint density at radius 3 is 2.34 bits per heavy atom. The number of fused-ring (bicyclic) bond motifs is 1. The smallest absolute Gasteiger partial charge is 0.186 e. The Labute approximate surface area is 249 Å². The van der Waals surface area contributed by atoms with E-state index in [4.69, 9.17) is 50.6 Å². The molecule has 6 aromatic rings. The second-order valence-corrected chi connectivity index (χ2v) is 10.5. The molecule has 0 saturated heterocycles. The molecule has 0 fully saturated rings. The van der Waals surface area contributed by atoms with Crippen LogP contribution in [0.5, 0.6) is 5.75 Å². The number of para-hydroxylation sites is 1. The number of phenolic OH excluding ortho intramolecular Hbond substituents is 1. The highest BCUT2D eigenvalue weighted by Gasteiger charge is 2.24. The van der Waals surface area contributed by atoms with Gasteiger partial charge in [-0.3, -0.25) is 0 Å². The van der Waals surface area contributed by atoms with Crippen molar-refractivity contribution in [3.05, 3.63) is 99.3 Å². The summed E-state index contributed by atoms with van der Waals surface area (Å²) in [6.07, 6.45) is 0. The number of nitrogen functional groups attached to an aromatic ring is 1. The molecule has 9 nitrogen and oxygen atoms in total. The molecule has 0 spiro atoms. The van der Waals surface area contributed by atoms with Gasteiger partial charge in [-0.25, -0.2) is 14.2 Å². The van der Waals surface area contributed by atoms with Gasteiger partial charge in [-0.2, -0.15) is 10.2 Å². The fourth-order valence-electron chi connectivity index (χ4n) is 4.45. The van der Waals surface area contributed by atoms with E-state index < -0.39 is 0 Å². The molecule has 0 aliphatic rings. The highest BCUT2D eigenvalue weighted by molar-refractivity contribution is 6.33. The number of aromatic nitrogens is 5. The number of phenols is 1. The average molecular weight is 604 g/mol. The van der Waals surface area contributed by atoms with Crippen molar-refractivity contribution in [3.63, 3.8) is 0 Å². The van der Waals surface area contributed by atoms with Crippen LogP contribution in [0.3, 0.4) is 0 Å². The molecule has 3 aromatic carbocycles. The molecular weight excluding hydrogens is 583 g/mol. The number of nitrogens with two attached hydrogens (primary N) is 1. The van der Waals surface area contributed by atoms with Gasteiger partial charge in [0.2, 0.25) is 0 Å². The first-order valence-corrected chi connectivity index (χ1v) is 13.5. The number of aryl methyl sites for hydroxylation is 2. The Kier molecular flexibility index (Phi) is 6.86. The molecule has 0 aliphatic carbocycles. The lowest BCUT2D eigenvalue weighted by Gasteiger charge is -2.11. The van der Waals surface area contributed by atoms with Gasteiger partial charge in [0.15, 0.2) is 17.2 Å². The lowest BCUT2D eigenvalue weighted by atomic mass is 10.1. The summed E-state index contributed by atoms with van der Waals surface area (Å²) < 4.78 is 3.19. The van der Waals surface area contributed by atoms with Crippen molar-refractivity contribution in [2.24, 2.45) is 10.2 Å². The van der Waals surface area contributed by atoms with E-state index in [0.717, 1.165) is 11.3 Å². The van der Waals surface area contributed by atoms with Crippen LogP contribution in [0.4, 0.5) is 17.2 Å². The molecule has 3 heterocycles. The van der Waals surface area contributed by atoms with E-state index in [9.17, 15) is 5.11 Å². The van der Waals surface area contributed by atoms with E-state index in [0.29, 0.717) is 54.7 Å². The number of hydrogen-bond donors (Lipinski definition) is 2. The standard InChI is InChI=1S/C29H21Cl3N8O/c1-15-12-24(41)20(13-21(15)31)22-14-23(25-16(2)37-39(27(25)32)19-6-4-3-5-7-19)40-29(34-22)26(28(33)38-40)36-35-18-10-8-17(30)9-11-18/h3-14,41H,1-2H3,(H2,33,38). The van der Waals surface area contributed by atoms with Gasteiger partial charge in [-0.1, -0.05) is 53.0 Å². The molecule has 0 amide bonds. The summed E-state index contributed by atoms with van der Waals surface area (Å²) in [7, 11) is 0. The average Bonchev–Trinajstić information content (AvgIpc) is 3.44. The van der Waals surface area contributed by atoms with Gasteiger partial charge in [-0.05, 0) is 74.0 Å². The third-order valence-electron chi connectivity index (χ3n) is 6.50. The quantitative estimate of drug-likeness (QED) is 0.191. The zero-order chi connectivity index (χ0) is 28.8. The van der Waals surface area contributed by atoms with Gasteiger partial charge in [0.25, 0.3) is 0 Å². The first-order valence-electron chi connectivity index (χ1n) is 12.4. The molecule has 3 aromatic heterocycles. The van der Waals surface area contributed by atoms with Crippen molar-refractivity contribution < 1.29 is 5.11 Å². The first-order chi connectivity index (χ1) is 19.7. The molecule has 0 aliphatic heterocycles. The molecule has 12 heteroatoms. The molecule has 6 rings (SSSR count). The summed E-state index contributed by atoms with van der Waals surface area (Å²) >= 11 is 19.4. The van der Waals surface area contributed by atoms with Crippen LogP contribution in [0, 0.1) is 13.8 Å². The van der Waals surface area contributed by atoms with Gasteiger partial charge in [0, 0.05) is 15.6 Å². The van der Waals surface area contributed by atoms with Gasteiger partial charge >= 0.3 is 0 Å². The van der Waals surface area contributed by atoms with E-state index in [1.807, 2.05) is 44.2 Å². The molecule has 204 valence electrons. The van der Waals surface area contributed by atoms with Crippen molar-refractivity contribution in [2.45, 2.75) is 13.8 Å². The van der Waals surface area contributed by atoms with E-state index in [-0.39, 0.29) is 17.3 Å². The minimum absolute atomic E-state index is 0.00864. The SMILES string of the molecule is Cc1cc(O)c(-c2cc(-c3c(C)nn(-c4ccccc4)c3Cl)n3nc(N)c(N=Nc4ccc(Cl)cc4)c3n2)cc1Cl. The summed E-state index contributed by atoms with van der Waals surface area (Å²) in [5, 5.41) is 30.2. The zero-order valence-electron chi connectivity index (χ0n) is 21.7. The second kappa shape index (κ2) is 10.5. The third kappa shape index (κ3) is 4.88. The fraction of sp³-hybridized carbons (Fsp3) is 0.0690. The number of benzene rings is 3. The minimum Gasteiger partial charge on any atom is -0.507 e. The predicted octanol–water partition coefficient (Wildman–Crippen LogP) is 8.53. The maximum atomic E-state index is 10.9. The maximum Gasteiger partial charge on any atom is 0.186 e. The second-order valence-electron chi connectivity index (χ2n) is 9.29. The summed E-state index contributed by atoms with van der Waals surface area (Å²) in [5.41, 5.74) is 11.6. The third-order valence-corrected chi connectivity index (χ3v) is 7.50. The van der Waals surface area contributed by atoms with E-state index in [1.54, 1.807) is 51.7 Å². The summed E-state index contributed by atoms with van der Waals surface area (Å²) in [4.78, 5) is 4.79. The van der Waals surface area contributed by atoms with Gasteiger partial charge < -0.3 is 10.8 Å². The maximum absolute atomic E-state index is 10.9. The first kappa shape index (κ1) is 26.8. The number of aromatic hydroxyl groups is 1. The number of halogens is 3. The lowest BCUT2D eigenvalue weighted by molar-refractivity contribution is 0.476. The van der Waals surface area contributed by atoms with Crippen LogP contribution >= 0.6 is 34.8 Å². The Bertz CT molecular complexity index is 1970. The van der Waals surface area contributed by atoms with Crippen molar-refractivity contribution >= 4 is 57.6 Å². The van der Waals surface area contributed by atoms with E-state index in [2.05, 4.69) is 15.3 Å². The molecule has 3 N–H and O–H groups in total. The number of hydrogen-bond acceptors (Lipinski definition) is 7. The Balaban J connectivity index is 1.62. The van der Waals surface area contributed by atoms with Crippen LogP contribution in [-0.4, -0.2) is 29.5 Å². The van der Waals surface area contributed by atoms with Gasteiger partial charge in [0.1, 0.15) is 10.9 Å². The minimum atomic E-state index is 0.00864. The van der Waals surface area contributed by atoms with Gasteiger partial charge in [-0.15, -0.1) is 10.2 Å². The normalized spacial score (nSPS) is 11.6. The van der Waals surface area contributed by atoms with Crippen LogP contribution < -0.4 is 5.73 Å². The number of anilines is 1. The molecule has 41 heavy (non-hydrogen) atoms. The monoisotopic (exact) mass is 602 g/mol. The summed E-state index contributed by atoms with van der Waals surface area (Å²) in [5.74, 6) is 0.110. The number of azo groups is 1. The topological polar surface area (TPSA) is 119 Å². The highest BCUT2D eigenvalue weighted by atomic mass is 35.5. The largest absolute Gasteiger partial charge is 0.507 e. The fourth-order valence-corrected chi connectivity index (χ4v) is 5.11. The Morgan fingerprint density at radius 1 is 0.878 bits per heavy atom. The van der Waals surface area contributed by atoms with Crippen molar-refractivity contribution in [2.75, 3.05) is 5.73 Å². The van der Waals surface area contributed by atoms with Crippen LogP contribution in [0.2, 0.25) is 15.2 Å². The summed E-state index contributed by atoms with van der Waals surface area (Å²) in [6, 6.07) is 21.4. The molecular formula is C29H21Cl3N8O. The van der Waals surface area contributed by atoms with Gasteiger partial charge in [0.05, 0.1) is 34.0 Å². The molecule has 0 bridgehead atoms. The summed E-state index contributed by atoms with van der Waals surface area (Å²) in [6.45, 7) is 3.66. The molecule has 0 radical (unpaired) electrons. The molecule has 0 atom stereocenters. The lowest BCUT2D eigenvalue weighted by Crippen LogP contribution is -2.00. The van der Waals surface area contributed by atoms with Crippen LogP contribution in [0.25, 0.3) is 33.8 Å². The van der Waals surface area contributed by atoms with E-state index in [1.165, 1.54) is 0 Å².